The highest BCUT2D eigenvalue weighted by atomic mass is 35.5. The molecule has 5 nitrogen and oxygen atoms in total. The Labute approximate surface area is 170 Å². The molecule has 0 saturated carbocycles. The van der Waals surface area contributed by atoms with Crippen molar-refractivity contribution in [3.63, 3.8) is 0 Å². The van der Waals surface area contributed by atoms with Gasteiger partial charge in [0.15, 0.2) is 0 Å². The molecule has 2 heterocycles. The summed E-state index contributed by atoms with van der Waals surface area (Å²) in [5, 5.41) is 7.65. The molecule has 0 radical (unpaired) electrons. The summed E-state index contributed by atoms with van der Waals surface area (Å²) in [6, 6.07) is 5.83. The van der Waals surface area contributed by atoms with Crippen LogP contribution in [0.4, 0.5) is 4.39 Å². The third-order valence-corrected chi connectivity index (χ3v) is 5.51. The summed E-state index contributed by atoms with van der Waals surface area (Å²) in [6.45, 7) is 11.2. The van der Waals surface area contributed by atoms with Gasteiger partial charge in [0.1, 0.15) is 11.0 Å². The number of carbonyl (C=O) groups is 1. The zero-order chi connectivity index (χ0) is 20.4. The van der Waals surface area contributed by atoms with E-state index in [1.165, 1.54) is 23.2 Å². The second-order valence-corrected chi connectivity index (χ2v) is 8.54. The van der Waals surface area contributed by atoms with Crippen LogP contribution in [-0.4, -0.2) is 46.3 Å². The summed E-state index contributed by atoms with van der Waals surface area (Å²) in [4.78, 5) is 15.3. The third kappa shape index (κ3) is 4.73. The fourth-order valence-corrected chi connectivity index (χ4v) is 4.54. The van der Waals surface area contributed by atoms with Crippen LogP contribution in [0, 0.1) is 24.6 Å². The number of aromatic nitrogens is 2. The van der Waals surface area contributed by atoms with Crippen LogP contribution in [0.2, 0.25) is 5.15 Å². The van der Waals surface area contributed by atoms with E-state index in [0.717, 1.165) is 19.6 Å². The Morgan fingerprint density at radius 3 is 2.50 bits per heavy atom. The molecule has 7 heteroatoms. The summed E-state index contributed by atoms with van der Waals surface area (Å²) >= 11 is 6.45. The standard InChI is InChI=1S/C21H28ClFN4O/c1-13-9-14(2)11-26(10-13)12-15(3)24-21(28)19-16(4)25-27(20(19)22)18-7-5-17(23)6-8-18/h5-8,13-15H,9-12H2,1-4H3,(H,24,28). The van der Waals surface area contributed by atoms with Crippen LogP contribution in [0.1, 0.15) is 43.2 Å². The number of rotatable bonds is 5. The van der Waals surface area contributed by atoms with Crippen molar-refractivity contribution in [1.82, 2.24) is 20.0 Å². The maximum absolute atomic E-state index is 13.2. The number of halogens is 2. The Kier molecular flexibility index (Phi) is 6.40. The van der Waals surface area contributed by atoms with E-state index in [1.807, 2.05) is 6.92 Å². The summed E-state index contributed by atoms with van der Waals surface area (Å²) in [7, 11) is 0. The lowest BCUT2D eigenvalue weighted by molar-refractivity contribution is 0.0904. The molecule has 1 aliphatic heterocycles. The number of piperidine rings is 1. The third-order valence-electron chi connectivity index (χ3n) is 5.16. The summed E-state index contributed by atoms with van der Waals surface area (Å²) in [5.41, 5.74) is 1.51. The Bertz CT molecular complexity index is 826. The van der Waals surface area contributed by atoms with Crippen LogP contribution in [-0.2, 0) is 0 Å². The Hall–Kier alpha value is -1.92. The van der Waals surface area contributed by atoms with Crippen molar-refractivity contribution in [2.75, 3.05) is 19.6 Å². The highest BCUT2D eigenvalue weighted by Gasteiger charge is 2.25. The van der Waals surface area contributed by atoms with Crippen molar-refractivity contribution in [3.8, 4) is 5.69 Å². The molecule has 1 N–H and O–H groups in total. The Morgan fingerprint density at radius 1 is 1.29 bits per heavy atom. The first kappa shape index (κ1) is 20.8. The Balaban J connectivity index is 1.69. The van der Waals surface area contributed by atoms with Crippen molar-refractivity contribution >= 4 is 17.5 Å². The number of nitrogens with one attached hydrogen (secondary N) is 1. The van der Waals surface area contributed by atoms with E-state index >= 15 is 0 Å². The van der Waals surface area contributed by atoms with Crippen LogP contribution in [0.5, 0.6) is 0 Å². The van der Waals surface area contributed by atoms with Crippen LogP contribution in [0.15, 0.2) is 24.3 Å². The monoisotopic (exact) mass is 406 g/mol. The highest BCUT2D eigenvalue weighted by molar-refractivity contribution is 6.33. The number of benzene rings is 1. The van der Waals surface area contributed by atoms with E-state index < -0.39 is 0 Å². The van der Waals surface area contributed by atoms with Gasteiger partial charge in [-0.15, -0.1) is 0 Å². The molecule has 1 saturated heterocycles. The van der Waals surface area contributed by atoms with Gasteiger partial charge in [0.05, 0.1) is 16.9 Å². The van der Waals surface area contributed by atoms with Gasteiger partial charge in [-0.1, -0.05) is 25.4 Å². The van der Waals surface area contributed by atoms with Gasteiger partial charge in [-0.2, -0.15) is 5.10 Å². The van der Waals surface area contributed by atoms with Gasteiger partial charge in [-0.3, -0.25) is 4.79 Å². The van der Waals surface area contributed by atoms with Gasteiger partial charge in [0.2, 0.25) is 0 Å². The lowest BCUT2D eigenvalue weighted by Gasteiger charge is -2.36. The number of aryl methyl sites for hydroxylation is 1. The zero-order valence-corrected chi connectivity index (χ0v) is 17.6. The van der Waals surface area contributed by atoms with Crippen molar-refractivity contribution < 1.29 is 9.18 Å². The number of amides is 1. The predicted octanol–water partition coefficient (Wildman–Crippen LogP) is 4.07. The molecule has 28 heavy (non-hydrogen) atoms. The van der Waals surface area contributed by atoms with Gasteiger partial charge >= 0.3 is 0 Å². The molecule has 2 aromatic rings. The number of hydrogen-bond acceptors (Lipinski definition) is 3. The molecule has 3 rings (SSSR count). The van der Waals surface area contributed by atoms with Crippen molar-refractivity contribution in [2.24, 2.45) is 11.8 Å². The quantitative estimate of drug-likeness (QED) is 0.814. The lowest BCUT2D eigenvalue weighted by Crippen LogP contribution is -2.47. The van der Waals surface area contributed by atoms with Crippen LogP contribution >= 0.6 is 11.6 Å². The van der Waals surface area contributed by atoms with Crippen LogP contribution in [0.25, 0.3) is 5.69 Å². The molecule has 152 valence electrons. The molecule has 0 aliphatic carbocycles. The second-order valence-electron chi connectivity index (χ2n) is 8.18. The lowest BCUT2D eigenvalue weighted by atomic mass is 9.92. The number of nitrogens with zero attached hydrogens (tertiary/aromatic N) is 3. The Morgan fingerprint density at radius 2 is 1.89 bits per heavy atom. The number of hydrogen-bond donors (Lipinski definition) is 1. The van der Waals surface area contributed by atoms with E-state index in [2.05, 4.69) is 29.2 Å². The number of likely N-dealkylation sites (tertiary alicyclic amines) is 1. The SMILES string of the molecule is Cc1nn(-c2ccc(F)cc2)c(Cl)c1C(=O)NC(C)CN1CC(C)CC(C)C1. The van der Waals surface area contributed by atoms with Gasteiger partial charge in [-0.25, -0.2) is 9.07 Å². The smallest absolute Gasteiger partial charge is 0.256 e. The van der Waals surface area contributed by atoms with Crippen LogP contribution < -0.4 is 5.32 Å². The van der Waals surface area contributed by atoms with E-state index in [4.69, 9.17) is 11.6 Å². The van der Waals surface area contributed by atoms with Gasteiger partial charge < -0.3 is 10.2 Å². The first-order valence-corrected chi connectivity index (χ1v) is 10.2. The predicted molar refractivity (Wildman–Crippen MR) is 110 cm³/mol. The first-order valence-electron chi connectivity index (χ1n) is 9.78. The van der Waals surface area contributed by atoms with Crippen molar-refractivity contribution in [3.05, 3.63) is 46.5 Å². The summed E-state index contributed by atoms with van der Waals surface area (Å²) in [6.07, 6.45) is 1.26. The average molecular weight is 407 g/mol. The van der Waals surface area contributed by atoms with Crippen LogP contribution in [0.3, 0.4) is 0 Å². The fourth-order valence-electron chi connectivity index (χ4n) is 4.18. The molecule has 3 unspecified atom stereocenters. The maximum atomic E-state index is 13.2. The average Bonchev–Trinajstić information content (AvgIpc) is 2.89. The van der Waals surface area contributed by atoms with Gasteiger partial charge in [0.25, 0.3) is 5.91 Å². The summed E-state index contributed by atoms with van der Waals surface area (Å²) in [5.74, 6) is 0.785. The van der Waals surface area contributed by atoms with Gasteiger partial charge in [0, 0.05) is 25.7 Å². The molecule has 0 spiro atoms. The maximum Gasteiger partial charge on any atom is 0.256 e. The molecule has 3 atom stereocenters. The van der Waals surface area contributed by atoms with E-state index in [1.54, 1.807) is 19.1 Å². The zero-order valence-electron chi connectivity index (χ0n) is 16.9. The molecule has 1 aromatic heterocycles. The molecule has 1 aromatic carbocycles. The van der Waals surface area contributed by atoms with Crippen molar-refractivity contribution in [2.45, 2.75) is 40.2 Å². The largest absolute Gasteiger partial charge is 0.348 e. The van der Waals surface area contributed by atoms with E-state index in [0.29, 0.717) is 28.8 Å². The molecular weight excluding hydrogens is 379 g/mol. The molecule has 1 amide bonds. The topological polar surface area (TPSA) is 50.2 Å². The molecule has 0 bridgehead atoms. The minimum atomic E-state index is -0.336. The number of carbonyl (C=O) groups excluding carboxylic acids is 1. The summed E-state index contributed by atoms with van der Waals surface area (Å²) < 4.78 is 14.6. The fraction of sp³-hybridized carbons (Fsp3) is 0.524. The minimum Gasteiger partial charge on any atom is -0.348 e. The molecular formula is C21H28ClFN4O. The van der Waals surface area contributed by atoms with E-state index in [9.17, 15) is 9.18 Å². The minimum absolute atomic E-state index is 0.00496. The molecule has 1 aliphatic rings. The highest BCUT2D eigenvalue weighted by Crippen LogP contribution is 2.24. The second kappa shape index (κ2) is 8.62. The van der Waals surface area contributed by atoms with E-state index in [-0.39, 0.29) is 22.9 Å². The molecule has 1 fully saturated rings. The van der Waals surface area contributed by atoms with Gasteiger partial charge in [-0.05, 0) is 56.4 Å². The first-order chi connectivity index (χ1) is 13.2. The van der Waals surface area contributed by atoms with Crippen molar-refractivity contribution in [1.29, 1.82) is 0 Å². The normalized spacial score (nSPS) is 21.5.